The summed E-state index contributed by atoms with van der Waals surface area (Å²) in [6, 6.07) is 0. The molecular weight excluding hydrogens is 287 g/mol. The molecule has 3 nitrogen and oxygen atoms in total. The zero-order valence-corrected chi connectivity index (χ0v) is 11.1. The summed E-state index contributed by atoms with van der Waals surface area (Å²) in [4.78, 5) is 0. The van der Waals surface area contributed by atoms with Gasteiger partial charge < -0.3 is 5.32 Å². The van der Waals surface area contributed by atoms with Crippen molar-refractivity contribution in [3.63, 3.8) is 0 Å². The van der Waals surface area contributed by atoms with E-state index in [4.69, 9.17) is 11.6 Å². The summed E-state index contributed by atoms with van der Waals surface area (Å²) in [5, 5.41) is 9.11. The molecule has 0 bridgehead atoms. The first-order valence-electron chi connectivity index (χ1n) is 5.74. The zero-order valence-electron chi connectivity index (χ0n) is 9.50. The van der Waals surface area contributed by atoms with E-state index in [0.717, 1.165) is 25.7 Å². The number of alkyl halides is 4. The molecule has 0 saturated heterocycles. The van der Waals surface area contributed by atoms with Crippen molar-refractivity contribution in [1.82, 2.24) is 10.2 Å². The minimum atomic E-state index is -4.41. The van der Waals surface area contributed by atoms with Crippen LogP contribution in [0.5, 0.6) is 0 Å². The fourth-order valence-electron chi connectivity index (χ4n) is 1.97. The van der Waals surface area contributed by atoms with Crippen molar-refractivity contribution in [3.05, 3.63) is 5.01 Å². The second-order valence-electron chi connectivity index (χ2n) is 4.41. The van der Waals surface area contributed by atoms with Crippen LogP contribution in [0.3, 0.4) is 0 Å². The van der Waals surface area contributed by atoms with E-state index in [1.165, 1.54) is 0 Å². The third kappa shape index (κ3) is 3.71. The van der Waals surface area contributed by atoms with Crippen LogP contribution in [0, 0.1) is 5.92 Å². The molecular formula is C10H13ClF3N3S. The number of aromatic nitrogens is 2. The second-order valence-corrected chi connectivity index (χ2v) is 6.00. The van der Waals surface area contributed by atoms with Gasteiger partial charge in [0.05, 0.1) is 0 Å². The molecule has 0 amide bonds. The molecule has 18 heavy (non-hydrogen) atoms. The molecule has 1 fully saturated rings. The van der Waals surface area contributed by atoms with Gasteiger partial charge in [-0.05, 0) is 31.6 Å². The standard InChI is InChI=1S/C10H13ClF3N3S/c11-7-3-1-6(2-4-7)5-15-9-17-16-8(18-9)10(12,13)14/h6-7H,1-5H2,(H,15,17). The Morgan fingerprint density at radius 3 is 2.44 bits per heavy atom. The van der Waals surface area contributed by atoms with E-state index >= 15 is 0 Å². The maximum atomic E-state index is 12.3. The third-order valence-electron chi connectivity index (χ3n) is 2.99. The SMILES string of the molecule is FC(F)(F)c1nnc(NCC2CCC(Cl)CC2)s1. The van der Waals surface area contributed by atoms with Gasteiger partial charge in [-0.15, -0.1) is 21.8 Å². The van der Waals surface area contributed by atoms with Gasteiger partial charge in [0.25, 0.3) is 0 Å². The molecule has 1 saturated carbocycles. The quantitative estimate of drug-likeness (QED) is 0.864. The number of halogens is 4. The van der Waals surface area contributed by atoms with Crippen LogP contribution in [0.4, 0.5) is 18.3 Å². The third-order valence-corrected chi connectivity index (χ3v) is 4.35. The van der Waals surface area contributed by atoms with Gasteiger partial charge in [0, 0.05) is 11.9 Å². The maximum Gasteiger partial charge on any atom is 0.445 e. The van der Waals surface area contributed by atoms with E-state index in [0.29, 0.717) is 23.8 Å². The van der Waals surface area contributed by atoms with Crippen LogP contribution in [0.1, 0.15) is 30.7 Å². The molecule has 1 N–H and O–H groups in total. The molecule has 1 aliphatic carbocycles. The Balaban J connectivity index is 1.82. The van der Waals surface area contributed by atoms with Crippen LogP contribution >= 0.6 is 22.9 Å². The van der Waals surface area contributed by atoms with Crippen molar-refractivity contribution in [2.45, 2.75) is 37.2 Å². The van der Waals surface area contributed by atoms with E-state index in [-0.39, 0.29) is 10.5 Å². The van der Waals surface area contributed by atoms with E-state index in [2.05, 4.69) is 15.5 Å². The highest BCUT2D eigenvalue weighted by Crippen LogP contribution is 2.33. The van der Waals surface area contributed by atoms with Crippen molar-refractivity contribution in [2.75, 3.05) is 11.9 Å². The van der Waals surface area contributed by atoms with Gasteiger partial charge in [-0.1, -0.05) is 11.3 Å². The van der Waals surface area contributed by atoms with Crippen LogP contribution in [-0.4, -0.2) is 22.1 Å². The smallest absolute Gasteiger partial charge is 0.360 e. The highest BCUT2D eigenvalue weighted by Gasteiger charge is 2.35. The average molecular weight is 300 g/mol. The normalized spacial score (nSPS) is 25.1. The number of hydrogen-bond donors (Lipinski definition) is 1. The number of rotatable bonds is 3. The summed E-state index contributed by atoms with van der Waals surface area (Å²) in [6.07, 6.45) is -0.456. The predicted octanol–water partition coefficient (Wildman–Crippen LogP) is 3.77. The molecule has 1 heterocycles. The lowest BCUT2D eigenvalue weighted by atomic mass is 9.89. The lowest BCUT2D eigenvalue weighted by molar-refractivity contribution is -0.138. The molecule has 2 rings (SSSR count). The summed E-state index contributed by atoms with van der Waals surface area (Å²) in [6.45, 7) is 0.635. The minimum absolute atomic E-state index is 0.232. The van der Waals surface area contributed by atoms with Crippen LogP contribution in [-0.2, 0) is 6.18 Å². The largest absolute Gasteiger partial charge is 0.445 e. The first kappa shape index (κ1) is 13.9. The lowest BCUT2D eigenvalue weighted by Crippen LogP contribution is -2.21. The van der Waals surface area contributed by atoms with Crippen molar-refractivity contribution < 1.29 is 13.2 Å². The molecule has 102 valence electrons. The molecule has 8 heteroatoms. The molecule has 1 aliphatic rings. The summed E-state index contributed by atoms with van der Waals surface area (Å²) in [5.74, 6) is 0.457. The Kier molecular flexibility index (Phi) is 4.32. The fraction of sp³-hybridized carbons (Fsp3) is 0.800. The number of anilines is 1. The zero-order chi connectivity index (χ0) is 13.2. The summed E-state index contributed by atoms with van der Waals surface area (Å²) < 4.78 is 36.9. The van der Waals surface area contributed by atoms with Gasteiger partial charge in [0.1, 0.15) is 0 Å². The maximum absolute atomic E-state index is 12.3. The highest BCUT2D eigenvalue weighted by molar-refractivity contribution is 7.15. The first-order valence-corrected chi connectivity index (χ1v) is 6.99. The van der Waals surface area contributed by atoms with Crippen LogP contribution in [0.15, 0.2) is 0 Å². The Morgan fingerprint density at radius 1 is 1.22 bits per heavy atom. The van der Waals surface area contributed by atoms with Crippen LogP contribution < -0.4 is 5.32 Å². The van der Waals surface area contributed by atoms with E-state index in [1.54, 1.807) is 0 Å². The molecule has 0 unspecified atom stereocenters. The topological polar surface area (TPSA) is 37.8 Å². The Bertz CT molecular complexity index is 388. The molecule has 1 aromatic rings. The molecule has 0 aromatic carbocycles. The average Bonchev–Trinajstić information content (AvgIpc) is 2.77. The van der Waals surface area contributed by atoms with Crippen LogP contribution in [0.25, 0.3) is 0 Å². The second kappa shape index (κ2) is 5.61. The molecule has 0 radical (unpaired) electrons. The van der Waals surface area contributed by atoms with E-state index < -0.39 is 11.2 Å². The lowest BCUT2D eigenvalue weighted by Gasteiger charge is -2.24. The monoisotopic (exact) mass is 299 g/mol. The van der Waals surface area contributed by atoms with Gasteiger partial charge in [0.2, 0.25) is 10.1 Å². The molecule has 0 spiro atoms. The minimum Gasteiger partial charge on any atom is -0.360 e. The summed E-state index contributed by atoms with van der Waals surface area (Å²) in [5.41, 5.74) is 0. The van der Waals surface area contributed by atoms with E-state index in [9.17, 15) is 13.2 Å². The van der Waals surface area contributed by atoms with Gasteiger partial charge in [0.15, 0.2) is 0 Å². The van der Waals surface area contributed by atoms with Crippen molar-refractivity contribution >= 4 is 28.1 Å². The van der Waals surface area contributed by atoms with Gasteiger partial charge >= 0.3 is 6.18 Å². The summed E-state index contributed by atoms with van der Waals surface area (Å²) >= 11 is 6.53. The Hall–Kier alpha value is -0.560. The van der Waals surface area contributed by atoms with E-state index in [1.807, 2.05) is 0 Å². The number of nitrogens with one attached hydrogen (secondary N) is 1. The van der Waals surface area contributed by atoms with Crippen molar-refractivity contribution in [2.24, 2.45) is 5.92 Å². The molecule has 0 aliphatic heterocycles. The van der Waals surface area contributed by atoms with Gasteiger partial charge in [-0.25, -0.2) is 0 Å². The first-order chi connectivity index (χ1) is 8.45. The summed E-state index contributed by atoms with van der Waals surface area (Å²) in [7, 11) is 0. The predicted molar refractivity (Wildman–Crippen MR) is 65.0 cm³/mol. The molecule has 0 atom stereocenters. The number of hydrogen-bond acceptors (Lipinski definition) is 4. The van der Waals surface area contributed by atoms with Gasteiger partial charge in [-0.2, -0.15) is 13.2 Å². The van der Waals surface area contributed by atoms with Gasteiger partial charge in [-0.3, -0.25) is 0 Å². The van der Waals surface area contributed by atoms with Crippen molar-refractivity contribution in [1.29, 1.82) is 0 Å². The van der Waals surface area contributed by atoms with Crippen LogP contribution in [0.2, 0.25) is 0 Å². The Morgan fingerprint density at radius 2 is 1.89 bits per heavy atom. The fourth-order valence-corrected chi connectivity index (χ4v) is 2.84. The molecule has 1 aromatic heterocycles. The highest BCUT2D eigenvalue weighted by atomic mass is 35.5. The van der Waals surface area contributed by atoms with Crippen molar-refractivity contribution in [3.8, 4) is 0 Å². The Labute approximate surface area is 112 Å². The number of nitrogens with zero attached hydrogens (tertiary/aromatic N) is 2.